The molecule has 9 heteroatoms. The van der Waals surface area contributed by atoms with Crippen molar-refractivity contribution in [1.29, 1.82) is 0 Å². The summed E-state index contributed by atoms with van der Waals surface area (Å²) >= 11 is 0. The molecule has 0 aliphatic heterocycles. The third-order valence-corrected chi connectivity index (χ3v) is 5.52. The van der Waals surface area contributed by atoms with Gasteiger partial charge in [-0.1, -0.05) is 19.1 Å². The molecule has 0 atom stereocenters. The molecule has 0 saturated carbocycles. The average molecular weight is 396 g/mol. The highest BCUT2D eigenvalue weighted by Gasteiger charge is 2.21. The van der Waals surface area contributed by atoms with E-state index in [2.05, 4.69) is 10.6 Å². The number of nitrogens with one attached hydrogen (secondary N) is 2. The van der Waals surface area contributed by atoms with Gasteiger partial charge in [0.25, 0.3) is 5.91 Å². The zero-order valence-corrected chi connectivity index (χ0v) is 15.3. The minimum atomic E-state index is -3.62. The van der Waals surface area contributed by atoms with Crippen LogP contribution >= 0.6 is 0 Å². The lowest BCUT2D eigenvalue weighted by Gasteiger charge is -2.11. The highest BCUT2D eigenvalue weighted by atomic mass is 32.2. The predicted octanol–water partition coefficient (Wildman–Crippen LogP) is 2.52. The van der Waals surface area contributed by atoms with Gasteiger partial charge in [-0.2, -0.15) is 0 Å². The quantitative estimate of drug-likeness (QED) is 0.752. The van der Waals surface area contributed by atoms with Crippen LogP contribution in [0.2, 0.25) is 0 Å². The van der Waals surface area contributed by atoms with Gasteiger partial charge in [-0.3, -0.25) is 9.59 Å². The van der Waals surface area contributed by atoms with Crippen LogP contribution in [-0.2, 0) is 14.6 Å². The van der Waals surface area contributed by atoms with Crippen molar-refractivity contribution in [3.63, 3.8) is 0 Å². The Bertz CT molecular complexity index is 962. The standard InChI is InChI=1S/C18H18F2N2O4S/c1-2-9-27(25,26)16-6-4-3-5-13(16)18(24)21-11-17(23)22-12-7-8-14(19)15(20)10-12/h3-8,10H,2,9,11H2,1H3,(H,21,24)(H,22,23). The van der Waals surface area contributed by atoms with Gasteiger partial charge in [0.1, 0.15) is 0 Å². The molecule has 0 saturated heterocycles. The second-order valence-corrected chi connectivity index (χ2v) is 7.75. The zero-order chi connectivity index (χ0) is 20.0. The predicted molar refractivity (Wildman–Crippen MR) is 96.1 cm³/mol. The fourth-order valence-corrected chi connectivity index (χ4v) is 3.88. The van der Waals surface area contributed by atoms with Gasteiger partial charge in [0.2, 0.25) is 5.91 Å². The van der Waals surface area contributed by atoms with Crippen LogP contribution < -0.4 is 10.6 Å². The first kappa shape index (κ1) is 20.5. The highest BCUT2D eigenvalue weighted by molar-refractivity contribution is 7.91. The third-order valence-electron chi connectivity index (χ3n) is 3.55. The smallest absolute Gasteiger partial charge is 0.253 e. The fourth-order valence-electron chi connectivity index (χ4n) is 2.34. The zero-order valence-electron chi connectivity index (χ0n) is 14.5. The summed E-state index contributed by atoms with van der Waals surface area (Å²) < 4.78 is 50.5. The first-order valence-electron chi connectivity index (χ1n) is 8.09. The van der Waals surface area contributed by atoms with Gasteiger partial charge in [0.05, 0.1) is 22.8 Å². The maximum atomic E-state index is 13.1. The van der Waals surface area contributed by atoms with E-state index in [1.807, 2.05) is 0 Å². The molecule has 144 valence electrons. The molecule has 0 aromatic heterocycles. The van der Waals surface area contributed by atoms with Crippen molar-refractivity contribution < 1.29 is 26.8 Å². The monoisotopic (exact) mass is 396 g/mol. The SMILES string of the molecule is CCCS(=O)(=O)c1ccccc1C(=O)NCC(=O)Nc1ccc(F)c(F)c1. The molecule has 0 radical (unpaired) electrons. The summed E-state index contributed by atoms with van der Waals surface area (Å²) in [6, 6.07) is 8.55. The van der Waals surface area contributed by atoms with E-state index in [1.165, 1.54) is 30.3 Å². The molecule has 2 aromatic rings. The van der Waals surface area contributed by atoms with Crippen molar-refractivity contribution >= 4 is 27.3 Å². The number of anilines is 1. The Morgan fingerprint density at radius 1 is 1.04 bits per heavy atom. The minimum Gasteiger partial charge on any atom is -0.343 e. The van der Waals surface area contributed by atoms with Crippen molar-refractivity contribution in [3.05, 3.63) is 59.7 Å². The van der Waals surface area contributed by atoms with Gasteiger partial charge < -0.3 is 10.6 Å². The normalized spacial score (nSPS) is 11.1. The average Bonchev–Trinajstić information content (AvgIpc) is 2.63. The van der Waals surface area contributed by atoms with Crippen LogP contribution in [0.4, 0.5) is 14.5 Å². The Morgan fingerprint density at radius 3 is 2.41 bits per heavy atom. The van der Waals surface area contributed by atoms with Gasteiger partial charge in [-0.15, -0.1) is 0 Å². The number of sulfone groups is 1. The van der Waals surface area contributed by atoms with Crippen LogP contribution in [0.1, 0.15) is 23.7 Å². The molecular weight excluding hydrogens is 378 g/mol. The number of amides is 2. The summed E-state index contributed by atoms with van der Waals surface area (Å²) in [5.41, 5.74) is -0.0364. The molecule has 0 heterocycles. The number of hydrogen-bond acceptors (Lipinski definition) is 4. The number of halogens is 2. The molecule has 0 bridgehead atoms. The Balaban J connectivity index is 2.05. The Morgan fingerprint density at radius 2 is 1.74 bits per heavy atom. The molecule has 0 aliphatic carbocycles. The molecule has 2 N–H and O–H groups in total. The summed E-state index contributed by atoms with van der Waals surface area (Å²) in [6.07, 6.45) is 0.398. The van der Waals surface area contributed by atoms with Crippen LogP contribution in [0.25, 0.3) is 0 Å². The maximum Gasteiger partial charge on any atom is 0.253 e. The van der Waals surface area contributed by atoms with Gasteiger partial charge in [-0.25, -0.2) is 17.2 Å². The second kappa shape index (κ2) is 8.72. The molecule has 0 unspecified atom stereocenters. The summed E-state index contributed by atoms with van der Waals surface area (Å²) in [7, 11) is -3.62. The minimum absolute atomic E-state index is 0.0269. The molecule has 0 fully saturated rings. The number of hydrogen-bond donors (Lipinski definition) is 2. The lowest BCUT2D eigenvalue weighted by molar-refractivity contribution is -0.115. The Labute approximate surface area is 155 Å². The molecule has 6 nitrogen and oxygen atoms in total. The maximum absolute atomic E-state index is 13.1. The lowest BCUT2D eigenvalue weighted by Crippen LogP contribution is -2.33. The van der Waals surface area contributed by atoms with Crippen LogP contribution in [-0.4, -0.2) is 32.5 Å². The molecule has 2 amide bonds. The fraction of sp³-hybridized carbons (Fsp3) is 0.222. The van der Waals surface area contributed by atoms with Gasteiger partial charge in [0.15, 0.2) is 21.5 Å². The molecule has 2 aromatic carbocycles. The molecule has 0 aliphatic rings. The molecule has 2 rings (SSSR count). The van der Waals surface area contributed by atoms with Crippen molar-refractivity contribution in [3.8, 4) is 0 Å². The summed E-state index contributed by atoms with van der Waals surface area (Å²) in [6.45, 7) is 1.24. The topological polar surface area (TPSA) is 92.3 Å². The number of benzene rings is 2. The number of carbonyl (C=O) groups excluding carboxylic acids is 2. The van der Waals surface area contributed by atoms with E-state index in [4.69, 9.17) is 0 Å². The second-order valence-electron chi connectivity index (χ2n) is 5.67. The number of rotatable bonds is 7. The molecular formula is C18H18F2N2O4S. The van der Waals surface area contributed by atoms with Gasteiger partial charge in [0, 0.05) is 11.8 Å². The van der Waals surface area contributed by atoms with E-state index in [0.717, 1.165) is 12.1 Å². The lowest BCUT2D eigenvalue weighted by atomic mass is 10.2. The largest absolute Gasteiger partial charge is 0.343 e. The van der Waals surface area contributed by atoms with Crippen molar-refractivity contribution in [2.24, 2.45) is 0 Å². The van der Waals surface area contributed by atoms with E-state index in [-0.39, 0.29) is 21.9 Å². The molecule has 27 heavy (non-hydrogen) atoms. The first-order chi connectivity index (χ1) is 12.7. The first-order valence-corrected chi connectivity index (χ1v) is 9.74. The van der Waals surface area contributed by atoms with E-state index in [9.17, 15) is 26.8 Å². The third kappa shape index (κ3) is 5.33. The van der Waals surface area contributed by atoms with Crippen LogP contribution in [0, 0.1) is 11.6 Å². The van der Waals surface area contributed by atoms with Gasteiger partial charge >= 0.3 is 0 Å². The highest BCUT2D eigenvalue weighted by Crippen LogP contribution is 2.18. The summed E-state index contributed by atoms with van der Waals surface area (Å²) in [5.74, 6) is -3.68. The van der Waals surface area contributed by atoms with E-state index < -0.39 is 39.8 Å². The van der Waals surface area contributed by atoms with E-state index >= 15 is 0 Å². The van der Waals surface area contributed by atoms with Crippen molar-refractivity contribution in [2.45, 2.75) is 18.2 Å². The molecule has 0 spiro atoms. The van der Waals surface area contributed by atoms with Crippen molar-refractivity contribution in [1.82, 2.24) is 5.32 Å². The van der Waals surface area contributed by atoms with E-state index in [1.54, 1.807) is 6.92 Å². The van der Waals surface area contributed by atoms with Crippen LogP contribution in [0.15, 0.2) is 47.4 Å². The van der Waals surface area contributed by atoms with Crippen LogP contribution in [0.3, 0.4) is 0 Å². The summed E-state index contributed by atoms with van der Waals surface area (Å²) in [4.78, 5) is 24.1. The van der Waals surface area contributed by atoms with Gasteiger partial charge in [-0.05, 0) is 30.7 Å². The van der Waals surface area contributed by atoms with Crippen LogP contribution in [0.5, 0.6) is 0 Å². The summed E-state index contributed by atoms with van der Waals surface area (Å²) in [5, 5.41) is 4.62. The van der Waals surface area contributed by atoms with E-state index in [0.29, 0.717) is 6.42 Å². The number of carbonyl (C=O) groups is 2. The Kier molecular flexibility index (Phi) is 6.62. The Hall–Kier alpha value is -2.81. The van der Waals surface area contributed by atoms with Crippen molar-refractivity contribution in [2.75, 3.05) is 17.6 Å².